The number of esters is 1. The van der Waals surface area contributed by atoms with Gasteiger partial charge in [-0.1, -0.05) is 6.07 Å². The number of anilines is 1. The number of hydrogen-bond acceptors (Lipinski definition) is 7. The molecule has 0 aliphatic rings. The summed E-state index contributed by atoms with van der Waals surface area (Å²) in [6.45, 7) is -0.643. The van der Waals surface area contributed by atoms with Gasteiger partial charge in [0.25, 0.3) is 5.91 Å². The Morgan fingerprint density at radius 3 is 2.04 bits per heavy atom. The maximum Gasteiger partial charge on any atom is 0.338 e. The van der Waals surface area contributed by atoms with Crippen LogP contribution in [0.1, 0.15) is 10.4 Å². The number of nitrogens with one attached hydrogen (secondary N) is 1. The molecule has 0 aliphatic carbocycles. The highest BCUT2D eigenvalue weighted by Crippen LogP contribution is 2.14. The quantitative estimate of drug-likeness (QED) is 0.548. The fourth-order valence-corrected chi connectivity index (χ4v) is 3.02. The van der Waals surface area contributed by atoms with Gasteiger partial charge in [0.1, 0.15) is 0 Å². The lowest BCUT2D eigenvalue weighted by atomic mass is 10.2. The van der Waals surface area contributed by atoms with Crippen molar-refractivity contribution in [1.29, 1.82) is 0 Å². The van der Waals surface area contributed by atoms with Gasteiger partial charge in [-0.15, -0.1) is 0 Å². The molecule has 0 aliphatic heterocycles. The summed E-state index contributed by atoms with van der Waals surface area (Å²) in [6.07, 6.45) is 0. The number of carbonyl (C=O) groups excluding carboxylic acids is 2. The third-order valence-electron chi connectivity index (χ3n) is 3.20. The molecule has 0 spiro atoms. The average molecular weight is 413 g/mol. The maximum absolute atomic E-state index is 11.9. The molecule has 0 saturated carbocycles. The Morgan fingerprint density at radius 1 is 0.889 bits per heavy atom. The molecule has 2 rings (SSSR count). The Labute approximate surface area is 155 Å². The van der Waals surface area contributed by atoms with E-state index in [1.807, 2.05) is 0 Å². The minimum atomic E-state index is -3.93. The van der Waals surface area contributed by atoms with Crippen LogP contribution in [0.5, 0.6) is 0 Å². The van der Waals surface area contributed by atoms with Crippen molar-refractivity contribution in [2.45, 2.75) is 9.79 Å². The van der Waals surface area contributed by atoms with Gasteiger partial charge in [0.05, 0.1) is 15.4 Å². The van der Waals surface area contributed by atoms with E-state index in [2.05, 4.69) is 5.32 Å². The normalized spacial score (nSPS) is 11.6. The van der Waals surface area contributed by atoms with Crippen LogP contribution in [-0.4, -0.2) is 35.3 Å². The molecular formula is C15H15N3O7S2. The molecule has 12 heteroatoms. The predicted molar refractivity (Wildman–Crippen MR) is 94.5 cm³/mol. The van der Waals surface area contributed by atoms with Gasteiger partial charge in [0.2, 0.25) is 20.0 Å². The Kier molecular flexibility index (Phi) is 5.95. The average Bonchev–Trinajstić information content (AvgIpc) is 2.58. The highest BCUT2D eigenvalue weighted by Gasteiger charge is 2.14. The zero-order valence-electron chi connectivity index (χ0n) is 13.7. The molecular weight excluding hydrogens is 398 g/mol. The lowest BCUT2D eigenvalue weighted by Gasteiger charge is -2.08. The van der Waals surface area contributed by atoms with Crippen LogP contribution in [0.3, 0.4) is 0 Å². The summed E-state index contributed by atoms with van der Waals surface area (Å²) in [7, 11) is -7.81. The number of primary sulfonamides is 2. The summed E-state index contributed by atoms with van der Waals surface area (Å²) in [5.74, 6) is -1.57. The van der Waals surface area contributed by atoms with Gasteiger partial charge in [-0.05, 0) is 42.5 Å². The Bertz CT molecular complexity index is 1080. The van der Waals surface area contributed by atoms with E-state index in [1.54, 1.807) is 0 Å². The molecule has 5 N–H and O–H groups in total. The van der Waals surface area contributed by atoms with Crippen LogP contribution in [0.15, 0.2) is 58.3 Å². The predicted octanol–water partition coefficient (Wildman–Crippen LogP) is -0.223. The SMILES string of the molecule is NS(=O)(=O)c1ccc(C(=O)OCC(=O)Nc2cccc(S(N)(=O)=O)c2)cc1. The summed E-state index contributed by atoms with van der Waals surface area (Å²) in [5, 5.41) is 12.3. The van der Waals surface area contributed by atoms with Crippen LogP contribution in [0.2, 0.25) is 0 Å². The largest absolute Gasteiger partial charge is 0.452 e. The highest BCUT2D eigenvalue weighted by atomic mass is 32.2. The van der Waals surface area contributed by atoms with Crippen LogP contribution >= 0.6 is 0 Å². The van der Waals surface area contributed by atoms with E-state index < -0.39 is 38.5 Å². The number of carbonyl (C=O) groups is 2. The molecule has 0 radical (unpaired) electrons. The Balaban J connectivity index is 1.96. The molecule has 0 aromatic heterocycles. The van der Waals surface area contributed by atoms with Crippen molar-refractivity contribution in [3.63, 3.8) is 0 Å². The van der Waals surface area contributed by atoms with Crippen molar-refractivity contribution >= 4 is 37.6 Å². The van der Waals surface area contributed by atoms with Crippen molar-refractivity contribution in [2.75, 3.05) is 11.9 Å². The topological polar surface area (TPSA) is 176 Å². The lowest BCUT2D eigenvalue weighted by Crippen LogP contribution is -2.21. The van der Waals surface area contributed by atoms with E-state index in [4.69, 9.17) is 15.0 Å². The van der Waals surface area contributed by atoms with E-state index in [0.29, 0.717) is 0 Å². The van der Waals surface area contributed by atoms with Crippen molar-refractivity contribution < 1.29 is 31.2 Å². The first-order valence-electron chi connectivity index (χ1n) is 7.19. The number of benzene rings is 2. The van der Waals surface area contributed by atoms with Gasteiger partial charge in [0.15, 0.2) is 6.61 Å². The zero-order chi connectivity index (χ0) is 20.2. The number of amides is 1. The first-order chi connectivity index (χ1) is 12.5. The van der Waals surface area contributed by atoms with Gasteiger partial charge < -0.3 is 10.1 Å². The van der Waals surface area contributed by atoms with Gasteiger partial charge in [0, 0.05) is 5.69 Å². The van der Waals surface area contributed by atoms with Crippen molar-refractivity contribution in [3.8, 4) is 0 Å². The van der Waals surface area contributed by atoms with Crippen LogP contribution in [0.25, 0.3) is 0 Å². The Hall–Kier alpha value is -2.80. The summed E-state index contributed by atoms with van der Waals surface area (Å²) in [4.78, 5) is 23.3. The molecule has 2 aromatic carbocycles. The fourth-order valence-electron chi connectivity index (χ4n) is 1.94. The second kappa shape index (κ2) is 7.84. The van der Waals surface area contributed by atoms with Gasteiger partial charge in [-0.3, -0.25) is 4.79 Å². The third-order valence-corrected chi connectivity index (χ3v) is 5.04. The molecule has 144 valence electrons. The third kappa shape index (κ3) is 5.86. The molecule has 2 aromatic rings. The van der Waals surface area contributed by atoms with Gasteiger partial charge in [-0.2, -0.15) is 0 Å². The minimum absolute atomic E-state index is 0.0198. The van der Waals surface area contributed by atoms with Gasteiger partial charge in [-0.25, -0.2) is 31.9 Å². The van der Waals surface area contributed by atoms with E-state index in [-0.39, 0.29) is 21.0 Å². The second-order valence-electron chi connectivity index (χ2n) is 5.27. The number of hydrogen-bond donors (Lipinski definition) is 3. The molecule has 27 heavy (non-hydrogen) atoms. The van der Waals surface area contributed by atoms with E-state index in [9.17, 15) is 26.4 Å². The first kappa shape index (κ1) is 20.5. The van der Waals surface area contributed by atoms with Crippen molar-refractivity contribution in [2.24, 2.45) is 10.3 Å². The van der Waals surface area contributed by atoms with Crippen molar-refractivity contribution in [1.82, 2.24) is 0 Å². The smallest absolute Gasteiger partial charge is 0.338 e. The first-order valence-corrected chi connectivity index (χ1v) is 10.3. The van der Waals surface area contributed by atoms with Crippen LogP contribution in [0.4, 0.5) is 5.69 Å². The molecule has 1 amide bonds. The summed E-state index contributed by atoms with van der Waals surface area (Å²) in [6, 6.07) is 9.87. The molecule has 0 heterocycles. The number of ether oxygens (including phenoxy) is 1. The molecule has 10 nitrogen and oxygen atoms in total. The Morgan fingerprint density at radius 2 is 1.48 bits per heavy atom. The molecule has 0 atom stereocenters. The zero-order valence-corrected chi connectivity index (χ0v) is 15.3. The molecule has 0 bridgehead atoms. The monoisotopic (exact) mass is 413 g/mol. The summed E-state index contributed by atoms with van der Waals surface area (Å²) in [5.41, 5.74) is 0.173. The summed E-state index contributed by atoms with van der Waals surface area (Å²) >= 11 is 0. The minimum Gasteiger partial charge on any atom is -0.452 e. The van der Waals surface area contributed by atoms with E-state index in [1.165, 1.54) is 30.3 Å². The number of sulfonamides is 2. The van der Waals surface area contributed by atoms with Crippen LogP contribution < -0.4 is 15.6 Å². The second-order valence-corrected chi connectivity index (χ2v) is 8.39. The highest BCUT2D eigenvalue weighted by molar-refractivity contribution is 7.89. The number of rotatable bonds is 6. The van der Waals surface area contributed by atoms with Crippen molar-refractivity contribution in [3.05, 3.63) is 54.1 Å². The molecule has 0 saturated heterocycles. The van der Waals surface area contributed by atoms with E-state index >= 15 is 0 Å². The van der Waals surface area contributed by atoms with Gasteiger partial charge >= 0.3 is 5.97 Å². The standard InChI is InChI=1S/C15H15N3O7S2/c16-26(21,22)12-6-4-10(5-7-12)15(20)25-9-14(19)18-11-2-1-3-13(8-11)27(17,23)24/h1-8H,9H2,(H,18,19)(H2,16,21,22)(H2,17,23,24). The molecule has 0 fully saturated rings. The summed E-state index contributed by atoms with van der Waals surface area (Å²) < 4.78 is 49.7. The lowest BCUT2D eigenvalue weighted by molar-refractivity contribution is -0.119. The maximum atomic E-state index is 11.9. The van der Waals surface area contributed by atoms with E-state index in [0.717, 1.165) is 18.2 Å². The molecule has 0 unspecified atom stereocenters. The fraction of sp³-hybridized carbons (Fsp3) is 0.0667. The van der Waals surface area contributed by atoms with Crippen LogP contribution in [-0.2, 0) is 29.6 Å². The number of nitrogens with two attached hydrogens (primary N) is 2. The van der Waals surface area contributed by atoms with Crippen LogP contribution in [0, 0.1) is 0 Å².